The van der Waals surface area contributed by atoms with Gasteiger partial charge in [-0.2, -0.15) is 0 Å². The molecule has 2 atom stereocenters. The number of rotatable bonds is 5. The molecular weight excluding hydrogens is 238 g/mol. The van der Waals surface area contributed by atoms with Crippen molar-refractivity contribution in [2.24, 2.45) is 5.84 Å². The Balaban J connectivity index is 2.11. The molecule has 1 aromatic rings. The van der Waals surface area contributed by atoms with E-state index in [4.69, 9.17) is 10.6 Å². The van der Waals surface area contributed by atoms with Gasteiger partial charge in [0, 0.05) is 13.1 Å². The lowest BCUT2D eigenvalue weighted by Crippen LogP contribution is -2.49. The van der Waals surface area contributed by atoms with Crippen molar-refractivity contribution in [1.29, 1.82) is 0 Å². The lowest BCUT2D eigenvalue weighted by atomic mass is 9.96. The summed E-state index contributed by atoms with van der Waals surface area (Å²) in [6, 6.07) is 8.41. The summed E-state index contributed by atoms with van der Waals surface area (Å²) in [5, 5.41) is 0. The van der Waals surface area contributed by atoms with E-state index in [1.807, 2.05) is 0 Å². The zero-order valence-corrected chi connectivity index (χ0v) is 11.9. The van der Waals surface area contributed by atoms with Gasteiger partial charge in [-0.1, -0.05) is 31.2 Å². The molecule has 0 amide bonds. The van der Waals surface area contributed by atoms with E-state index in [0.29, 0.717) is 0 Å². The number of aryl methyl sites for hydroxylation is 1. The number of ether oxygens (including phenoxy) is 1. The first-order valence-corrected chi connectivity index (χ1v) is 7.12. The van der Waals surface area contributed by atoms with Crippen LogP contribution >= 0.6 is 0 Å². The number of nitrogens with two attached hydrogens (primary N) is 1. The van der Waals surface area contributed by atoms with Crippen LogP contribution in [0.1, 0.15) is 30.5 Å². The van der Waals surface area contributed by atoms with Crippen molar-refractivity contribution < 1.29 is 4.74 Å². The van der Waals surface area contributed by atoms with E-state index >= 15 is 0 Å². The minimum atomic E-state index is 0.0563. The fourth-order valence-corrected chi connectivity index (χ4v) is 2.79. The highest BCUT2D eigenvalue weighted by atomic mass is 16.5. The van der Waals surface area contributed by atoms with E-state index in [1.165, 1.54) is 17.5 Å². The average Bonchev–Trinajstić information content (AvgIpc) is 2.43. The minimum Gasteiger partial charge on any atom is -0.374 e. The van der Waals surface area contributed by atoms with E-state index < -0.39 is 0 Å². The van der Waals surface area contributed by atoms with Crippen LogP contribution in [0.25, 0.3) is 0 Å². The van der Waals surface area contributed by atoms with Gasteiger partial charge in [-0.05, 0) is 31.0 Å². The summed E-state index contributed by atoms with van der Waals surface area (Å²) >= 11 is 0. The molecule has 1 fully saturated rings. The maximum absolute atomic E-state index is 5.93. The molecule has 1 saturated heterocycles. The van der Waals surface area contributed by atoms with Gasteiger partial charge in [0.15, 0.2) is 0 Å². The molecule has 0 aliphatic carbocycles. The van der Waals surface area contributed by atoms with Crippen LogP contribution in [0.5, 0.6) is 0 Å². The van der Waals surface area contributed by atoms with E-state index in [1.54, 1.807) is 0 Å². The number of nitrogens with one attached hydrogen (secondary N) is 1. The van der Waals surface area contributed by atoms with Gasteiger partial charge in [0.25, 0.3) is 0 Å². The van der Waals surface area contributed by atoms with Gasteiger partial charge >= 0.3 is 0 Å². The van der Waals surface area contributed by atoms with Gasteiger partial charge < -0.3 is 4.74 Å². The summed E-state index contributed by atoms with van der Waals surface area (Å²) in [5.74, 6) is 5.78. The average molecular weight is 263 g/mol. The molecule has 0 saturated carbocycles. The van der Waals surface area contributed by atoms with Crippen LogP contribution < -0.4 is 11.3 Å². The fraction of sp³-hybridized carbons (Fsp3) is 0.600. The van der Waals surface area contributed by atoms with E-state index in [2.05, 4.69) is 48.4 Å². The molecule has 2 rings (SSSR count). The summed E-state index contributed by atoms with van der Waals surface area (Å²) in [5.41, 5.74) is 5.42. The molecule has 19 heavy (non-hydrogen) atoms. The topological polar surface area (TPSA) is 50.5 Å². The SMILES string of the molecule is CCCN1CCOC(C(NN)c2ccccc2C)C1. The zero-order chi connectivity index (χ0) is 13.7. The molecule has 4 nitrogen and oxygen atoms in total. The van der Waals surface area contributed by atoms with E-state index in [9.17, 15) is 0 Å². The van der Waals surface area contributed by atoms with Crippen LogP contribution in [0.15, 0.2) is 24.3 Å². The fourth-order valence-electron chi connectivity index (χ4n) is 2.79. The highest BCUT2D eigenvalue weighted by molar-refractivity contribution is 5.29. The summed E-state index contributed by atoms with van der Waals surface area (Å²) in [6.45, 7) is 8.21. The molecule has 0 bridgehead atoms. The van der Waals surface area contributed by atoms with Crippen molar-refractivity contribution in [3.8, 4) is 0 Å². The van der Waals surface area contributed by atoms with Crippen LogP contribution in [-0.4, -0.2) is 37.2 Å². The lowest BCUT2D eigenvalue weighted by Gasteiger charge is -2.37. The molecule has 4 heteroatoms. The standard InChI is InChI=1S/C15H25N3O/c1-3-8-18-9-10-19-14(11-18)15(17-16)13-7-5-4-6-12(13)2/h4-7,14-15,17H,3,8-11,16H2,1-2H3. The number of hydrogen-bond acceptors (Lipinski definition) is 4. The van der Waals surface area contributed by atoms with E-state index in [0.717, 1.165) is 26.2 Å². The van der Waals surface area contributed by atoms with Crippen LogP contribution in [-0.2, 0) is 4.74 Å². The maximum atomic E-state index is 5.93. The largest absolute Gasteiger partial charge is 0.374 e. The quantitative estimate of drug-likeness (QED) is 0.626. The third-order valence-electron chi connectivity index (χ3n) is 3.79. The Morgan fingerprint density at radius 2 is 2.26 bits per heavy atom. The molecule has 0 aromatic heterocycles. The van der Waals surface area contributed by atoms with Crippen molar-refractivity contribution in [2.75, 3.05) is 26.2 Å². The Morgan fingerprint density at radius 1 is 1.47 bits per heavy atom. The predicted octanol–water partition coefficient (Wildman–Crippen LogP) is 1.61. The second-order valence-corrected chi connectivity index (χ2v) is 5.21. The predicted molar refractivity (Wildman–Crippen MR) is 77.7 cm³/mol. The molecule has 3 N–H and O–H groups in total. The molecule has 1 aliphatic heterocycles. The molecular formula is C15H25N3O. The highest BCUT2D eigenvalue weighted by Gasteiger charge is 2.28. The van der Waals surface area contributed by atoms with Gasteiger partial charge in [-0.3, -0.25) is 16.2 Å². The summed E-state index contributed by atoms with van der Waals surface area (Å²) in [4.78, 5) is 2.46. The van der Waals surface area contributed by atoms with Crippen molar-refractivity contribution in [1.82, 2.24) is 10.3 Å². The van der Waals surface area contributed by atoms with Crippen LogP contribution in [0.3, 0.4) is 0 Å². The zero-order valence-electron chi connectivity index (χ0n) is 11.9. The number of hydrazine groups is 1. The second kappa shape index (κ2) is 7.01. The van der Waals surface area contributed by atoms with Gasteiger partial charge in [0.2, 0.25) is 0 Å². The Morgan fingerprint density at radius 3 is 2.95 bits per heavy atom. The molecule has 1 heterocycles. The molecule has 106 valence electrons. The Bertz CT molecular complexity index is 395. The number of hydrogen-bond donors (Lipinski definition) is 2. The monoisotopic (exact) mass is 263 g/mol. The lowest BCUT2D eigenvalue weighted by molar-refractivity contribution is -0.0471. The smallest absolute Gasteiger partial charge is 0.0909 e. The molecule has 1 aliphatic rings. The van der Waals surface area contributed by atoms with Crippen molar-refractivity contribution >= 4 is 0 Å². The first kappa shape index (κ1) is 14.5. The van der Waals surface area contributed by atoms with Crippen LogP contribution in [0.4, 0.5) is 0 Å². The van der Waals surface area contributed by atoms with Gasteiger partial charge in [-0.25, -0.2) is 0 Å². The highest BCUT2D eigenvalue weighted by Crippen LogP contribution is 2.24. The normalized spacial score (nSPS) is 22.4. The van der Waals surface area contributed by atoms with Gasteiger partial charge in [0.1, 0.15) is 0 Å². The molecule has 2 unspecified atom stereocenters. The van der Waals surface area contributed by atoms with Crippen LogP contribution in [0, 0.1) is 6.92 Å². The van der Waals surface area contributed by atoms with Crippen LogP contribution in [0.2, 0.25) is 0 Å². The molecule has 0 radical (unpaired) electrons. The van der Waals surface area contributed by atoms with E-state index in [-0.39, 0.29) is 12.1 Å². The Labute approximate surface area is 115 Å². The Hall–Kier alpha value is -0.940. The molecule has 1 aromatic carbocycles. The number of nitrogens with zero attached hydrogens (tertiary/aromatic N) is 1. The van der Waals surface area contributed by atoms with Crippen molar-refractivity contribution in [2.45, 2.75) is 32.4 Å². The number of benzene rings is 1. The summed E-state index contributed by atoms with van der Waals surface area (Å²) < 4.78 is 5.93. The summed E-state index contributed by atoms with van der Waals surface area (Å²) in [6.07, 6.45) is 1.30. The minimum absolute atomic E-state index is 0.0563. The third-order valence-corrected chi connectivity index (χ3v) is 3.79. The van der Waals surface area contributed by atoms with Crippen molar-refractivity contribution in [3.63, 3.8) is 0 Å². The van der Waals surface area contributed by atoms with Crippen molar-refractivity contribution in [3.05, 3.63) is 35.4 Å². The Kier molecular flexibility index (Phi) is 5.34. The number of morpholine rings is 1. The first-order valence-electron chi connectivity index (χ1n) is 7.12. The van der Waals surface area contributed by atoms with Gasteiger partial charge in [-0.15, -0.1) is 0 Å². The second-order valence-electron chi connectivity index (χ2n) is 5.21. The maximum Gasteiger partial charge on any atom is 0.0909 e. The molecule has 0 spiro atoms. The third kappa shape index (κ3) is 3.54. The summed E-state index contributed by atoms with van der Waals surface area (Å²) in [7, 11) is 0. The van der Waals surface area contributed by atoms with Gasteiger partial charge in [0.05, 0.1) is 18.8 Å². The first-order chi connectivity index (χ1) is 9.26.